The minimum Gasteiger partial charge on any atom is -0.314 e. The van der Waals surface area contributed by atoms with Gasteiger partial charge in [0.05, 0.1) is 10.7 Å². The van der Waals surface area contributed by atoms with Gasteiger partial charge in [0, 0.05) is 31.1 Å². The van der Waals surface area contributed by atoms with Crippen LogP contribution in [-0.2, 0) is 13.0 Å². The first-order chi connectivity index (χ1) is 9.33. The molecule has 1 aromatic heterocycles. The van der Waals surface area contributed by atoms with E-state index in [1.165, 1.54) is 56.0 Å². The van der Waals surface area contributed by atoms with Gasteiger partial charge in [-0.1, -0.05) is 6.92 Å². The van der Waals surface area contributed by atoms with Crippen molar-refractivity contribution in [2.45, 2.75) is 51.6 Å². The van der Waals surface area contributed by atoms with E-state index in [-0.39, 0.29) is 0 Å². The molecule has 2 heterocycles. The maximum atomic E-state index is 4.67. The van der Waals surface area contributed by atoms with Crippen LogP contribution in [0, 0.1) is 5.92 Å². The molecule has 1 aliphatic heterocycles. The molecule has 1 aromatic rings. The highest BCUT2D eigenvalue weighted by Gasteiger charge is 2.24. The molecule has 1 N–H and O–H groups in total. The Bertz CT molecular complexity index is 392. The van der Waals surface area contributed by atoms with Gasteiger partial charge in [-0.25, -0.2) is 4.98 Å². The molecule has 1 saturated carbocycles. The van der Waals surface area contributed by atoms with Gasteiger partial charge in [-0.05, 0) is 44.6 Å². The highest BCUT2D eigenvalue weighted by molar-refractivity contribution is 7.09. The summed E-state index contributed by atoms with van der Waals surface area (Å²) < 4.78 is 0. The first kappa shape index (κ1) is 13.5. The van der Waals surface area contributed by atoms with Crippen molar-refractivity contribution in [1.29, 1.82) is 0 Å². The Morgan fingerprint density at radius 1 is 1.32 bits per heavy atom. The van der Waals surface area contributed by atoms with Gasteiger partial charge in [-0.3, -0.25) is 4.90 Å². The van der Waals surface area contributed by atoms with Crippen LogP contribution in [-0.4, -0.2) is 35.6 Å². The zero-order valence-corrected chi connectivity index (χ0v) is 12.7. The van der Waals surface area contributed by atoms with Crippen molar-refractivity contribution >= 4 is 11.3 Å². The lowest BCUT2D eigenvalue weighted by Crippen LogP contribution is -2.42. The van der Waals surface area contributed by atoms with Crippen LogP contribution < -0.4 is 5.32 Å². The van der Waals surface area contributed by atoms with E-state index in [4.69, 9.17) is 0 Å². The average Bonchev–Trinajstić information content (AvgIpc) is 3.17. The van der Waals surface area contributed by atoms with Crippen molar-refractivity contribution in [3.63, 3.8) is 0 Å². The van der Waals surface area contributed by atoms with Crippen LogP contribution in [0.4, 0.5) is 0 Å². The van der Waals surface area contributed by atoms with E-state index < -0.39 is 0 Å². The molecule has 0 amide bonds. The van der Waals surface area contributed by atoms with Gasteiger partial charge in [-0.2, -0.15) is 0 Å². The summed E-state index contributed by atoms with van der Waals surface area (Å²) in [6.45, 7) is 6.94. The summed E-state index contributed by atoms with van der Waals surface area (Å²) in [7, 11) is 0. The first-order valence-corrected chi connectivity index (χ1v) is 8.60. The summed E-state index contributed by atoms with van der Waals surface area (Å²) in [4.78, 5) is 7.23. The molecular weight excluding hydrogens is 254 g/mol. The maximum Gasteiger partial charge on any atom is 0.0926 e. The molecule has 4 heteroatoms. The van der Waals surface area contributed by atoms with Crippen molar-refractivity contribution in [3.05, 3.63) is 16.1 Å². The third-order valence-corrected chi connectivity index (χ3v) is 5.31. The van der Waals surface area contributed by atoms with Crippen LogP contribution >= 0.6 is 11.3 Å². The molecule has 1 saturated heterocycles. The average molecular weight is 279 g/mol. The topological polar surface area (TPSA) is 28.2 Å². The number of hydrogen-bond donors (Lipinski definition) is 1. The van der Waals surface area contributed by atoms with Gasteiger partial charge >= 0.3 is 0 Å². The Morgan fingerprint density at radius 3 is 2.74 bits per heavy atom. The highest BCUT2D eigenvalue weighted by atomic mass is 32.1. The molecular formula is C15H25N3S. The molecule has 0 spiro atoms. The summed E-state index contributed by atoms with van der Waals surface area (Å²) in [6.07, 6.45) is 6.58. The normalized spacial score (nSPS) is 21.9. The standard InChI is InChI=1S/C15H25N3S/c1-2-15-17-14(11-19-15)10-18-7-5-13(6-8-18)16-9-12-3-4-12/h11-13,16H,2-10H2,1H3. The summed E-state index contributed by atoms with van der Waals surface area (Å²) in [5, 5.41) is 7.25. The van der Waals surface area contributed by atoms with Gasteiger partial charge in [0.1, 0.15) is 0 Å². The predicted octanol–water partition coefficient (Wildman–Crippen LogP) is 2.67. The SMILES string of the molecule is CCc1nc(CN2CCC(NCC3CC3)CC2)cs1. The monoisotopic (exact) mass is 279 g/mol. The fraction of sp³-hybridized carbons (Fsp3) is 0.800. The third-order valence-electron chi connectivity index (χ3n) is 4.27. The molecule has 1 aliphatic carbocycles. The molecule has 0 atom stereocenters. The van der Waals surface area contributed by atoms with E-state index in [1.807, 2.05) is 0 Å². The number of rotatable bonds is 6. The summed E-state index contributed by atoms with van der Waals surface area (Å²) in [6, 6.07) is 0.762. The fourth-order valence-corrected chi connectivity index (χ4v) is 3.50. The van der Waals surface area contributed by atoms with E-state index in [1.54, 1.807) is 11.3 Å². The smallest absolute Gasteiger partial charge is 0.0926 e. The third kappa shape index (κ3) is 4.01. The van der Waals surface area contributed by atoms with E-state index in [2.05, 4.69) is 27.5 Å². The zero-order valence-electron chi connectivity index (χ0n) is 11.9. The second kappa shape index (κ2) is 6.33. The number of likely N-dealkylation sites (tertiary alicyclic amines) is 1. The van der Waals surface area contributed by atoms with E-state index >= 15 is 0 Å². The summed E-state index contributed by atoms with van der Waals surface area (Å²) in [5.74, 6) is 1.00. The Morgan fingerprint density at radius 2 is 2.11 bits per heavy atom. The first-order valence-electron chi connectivity index (χ1n) is 7.72. The quantitative estimate of drug-likeness (QED) is 0.868. The highest BCUT2D eigenvalue weighted by Crippen LogP contribution is 2.28. The van der Waals surface area contributed by atoms with Crippen molar-refractivity contribution in [3.8, 4) is 0 Å². The number of hydrogen-bond acceptors (Lipinski definition) is 4. The van der Waals surface area contributed by atoms with Gasteiger partial charge < -0.3 is 5.32 Å². The molecule has 2 fully saturated rings. The molecule has 0 aromatic carbocycles. The minimum atomic E-state index is 0.762. The van der Waals surface area contributed by atoms with Crippen molar-refractivity contribution in [2.75, 3.05) is 19.6 Å². The lowest BCUT2D eigenvalue weighted by Gasteiger charge is -2.32. The van der Waals surface area contributed by atoms with Crippen LogP contribution in [0.2, 0.25) is 0 Å². The zero-order chi connectivity index (χ0) is 13.1. The lowest BCUT2D eigenvalue weighted by atomic mass is 10.0. The lowest BCUT2D eigenvalue weighted by molar-refractivity contribution is 0.188. The van der Waals surface area contributed by atoms with E-state index in [9.17, 15) is 0 Å². The fourth-order valence-electron chi connectivity index (χ4n) is 2.76. The number of nitrogens with zero attached hydrogens (tertiary/aromatic N) is 2. The van der Waals surface area contributed by atoms with Crippen LogP contribution in [0.15, 0.2) is 5.38 Å². The Kier molecular flexibility index (Phi) is 4.51. The molecule has 0 unspecified atom stereocenters. The van der Waals surface area contributed by atoms with Crippen molar-refractivity contribution < 1.29 is 0 Å². The molecule has 2 aliphatic rings. The van der Waals surface area contributed by atoms with E-state index in [0.717, 1.165) is 24.9 Å². The van der Waals surface area contributed by atoms with Gasteiger partial charge in [0.25, 0.3) is 0 Å². The van der Waals surface area contributed by atoms with Crippen LogP contribution in [0.1, 0.15) is 43.3 Å². The van der Waals surface area contributed by atoms with E-state index in [0.29, 0.717) is 0 Å². The number of piperidine rings is 1. The Balaban J connectivity index is 1.39. The largest absolute Gasteiger partial charge is 0.314 e. The summed E-state index contributed by atoms with van der Waals surface area (Å²) in [5.41, 5.74) is 1.27. The second-order valence-electron chi connectivity index (χ2n) is 5.99. The summed E-state index contributed by atoms with van der Waals surface area (Å²) >= 11 is 1.81. The number of nitrogens with one attached hydrogen (secondary N) is 1. The predicted molar refractivity (Wildman–Crippen MR) is 80.5 cm³/mol. The number of thiazole rings is 1. The molecule has 0 bridgehead atoms. The van der Waals surface area contributed by atoms with Gasteiger partial charge in [0.15, 0.2) is 0 Å². The number of aromatic nitrogens is 1. The van der Waals surface area contributed by atoms with Gasteiger partial charge in [0.2, 0.25) is 0 Å². The van der Waals surface area contributed by atoms with Gasteiger partial charge in [-0.15, -0.1) is 11.3 Å². The van der Waals surface area contributed by atoms with Crippen LogP contribution in [0.25, 0.3) is 0 Å². The van der Waals surface area contributed by atoms with Crippen LogP contribution in [0.3, 0.4) is 0 Å². The maximum absolute atomic E-state index is 4.67. The molecule has 106 valence electrons. The van der Waals surface area contributed by atoms with Crippen molar-refractivity contribution in [2.24, 2.45) is 5.92 Å². The van der Waals surface area contributed by atoms with Crippen LogP contribution in [0.5, 0.6) is 0 Å². The molecule has 19 heavy (non-hydrogen) atoms. The molecule has 3 nitrogen and oxygen atoms in total. The molecule has 0 radical (unpaired) electrons. The number of aryl methyl sites for hydroxylation is 1. The Labute approximate surface area is 120 Å². The minimum absolute atomic E-state index is 0.762. The van der Waals surface area contributed by atoms with Crippen molar-refractivity contribution in [1.82, 2.24) is 15.2 Å². The second-order valence-corrected chi connectivity index (χ2v) is 6.93. The molecule has 3 rings (SSSR count). The Hall–Kier alpha value is -0.450.